The molecule has 0 spiro atoms. The van der Waals surface area contributed by atoms with Crippen LogP contribution in [0.25, 0.3) is 0 Å². The minimum atomic E-state index is 0.474. The molecule has 0 saturated heterocycles. The summed E-state index contributed by atoms with van der Waals surface area (Å²) in [4.78, 5) is 5.84. The van der Waals surface area contributed by atoms with Gasteiger partial charge in [0, 0.05) is 23.0 Å². The lowest BCUT2D eigenvalue weighted by molar-refractivity contribution is 0.480. The van der Waals surface area contributed by atoms with Gasteiger partial charge in [-0.25, -0.2) is 4.98 Å². The Morgan fingerprint density at radius 2 is 2.31 bits per heavy atom. The van der Waals surface area contributed by atoms with Gasteiger partial charge in [0.2, 0.25) is 0 Å². The van der Waals surface area contributed by atoms with E-state index in [-0.39, 0.29) is 0 Å². The lowest BCUT2D eigenvalue weighted by Crippen LogP contribution is -2.22. The van der Waals surface area contributed by atoms with Gasteiger partial charge in [0.1, 0.15) is 5.01 Å². The van der Waals surface area contributed by atoms with Gasteiger partial charge in [-0.15, -0.1) is 22.7 Å². The van der Waals surface area contributed by atoms with Crippen LogP contribution < -0.4 is 5.32 Å². The second-order valence-corrected chi connectivity index (χ2v) is 6.10. The number of nitrogens with one attached hydrogen (secondary N) is 1. The molecule has 2 aromatic rings. The number of thiazole rings is 1. The maximum atomic E-state index is 4.44. The Kier molecular flexibility index (Phi) is 3.04. The highest BCUT2D eigenvalue weighted by molar-refractivity contribution is 7.10. The van der Waals surface area contributed by atoms with Crippen molar-refractivity contribution in [1.29, 1.82) is 0 Å². The van der Waals surface area contributed by atoms with Gasteiger partial charge in [-0.2, -0.15) is 0 Å². The molecular formula is C12H14N2S2. The fraction of sp³-hybridized carbons (Fsp3) is 0.417. The van der Waals surface area contributed by atoms with E-state index in [1.165, 1.54) is 22.7 Å². The number of rotatable bonds is 5. The largest absolute Gasteiger partial charge is 0.303 e. The van der Waals surface area contributed by atoms with Crippen molar-refractivity contribution in [3.8, 4) is 0 Å². The van der Waals surface area contributed by atoms with Gasteiger partial charge in [0.05, 0.1) is 6.04 Å². The van der Waals surface area contributed by atoms with E-state index in [2.05, 4.69) is 33.2 Å². The van der Waals surface area contributed by atoms with E-state index in [0.29, 0.717) is 6.04 Å². The van der Waals surface area contributed by atoms with Crippen molar-refractivity contribution in [2.45, 2.75) is 25.4 Å². The first-order valence-corrected chi connectivity index (χ1v) is 7.34. The van der Waals surface area contributed by atoms with Crippen molar-refractivity contribution in [3.05, 3.63) is 39.0 Å². The van der Waals surface area contributed by atoms with Crippen molar-refractivity contribution < 1.29 is 0 Å². The Bertz CT molecular complexity index is 418. The summed E-state index contributed by atoms with van der Waals surface area (Å²) in [6, 6.07) is 4.77. The highest BCUT2D eigenvalue weighted by atomic mass is 32.1. The van der Waals surface area contributed by atoms with Crippen molar-refractivity contribution in [2.24, 2.45) is 5.92 Å². The van der Waals surface area contributed by atoms with Gasteiger partial charge in [-0.3, -0.25) is 0 Å². The van der Waals surface area contributed by atoms with Crippen LogP contribution in [0.5, 0.6) is 0 Å². The number of thiophene rings is 1. The summed E-state index contributed by atoms with van der Waals surface area (Å²) >= 11 is 3.58. The van der Waals surface area contributed by atoms with Crippen LogP contribution in [-0.2, 0) is 6.54 Å². The molecule has 0 amide bonds. The molecule has 1 aliphatic carbocycles. The summed E-state index contributed by atoms with van der Waals surface area (Å²) in [6.07, 6.45) is 4.60. The molecule has 4 heteroatoms. The monoisotopic (exact) mass is 250 g/mol. The molecule has 0 aliphatic heterocycles. The van der Waals surface area contributed by atoms with Gasteiger partial charge in [-0.05, 0) is 30.2 Å². The zero-order chi connectivity index (χ0) is 10.8. The topological polar surface area (TPSA) is 24.9 Å². The molecule has 3 rings (SSSR count). The van der Waals surface area contributed by atoms with E-state index in [9.17, 15) is 0 Å². The van der Waals surface area contributed by atoms with Gasteiger partial charge < -0.3 is 5.32 Å². The van der Waals surface area contributed by atoms with E-state index >= 15 is 0 Å². The summed E-state index contributed by atoms with van der Waals surface area (Å²) in [5.74, 6) is 0.811. The van der Waals surface area contributed by atoms with Crippen LogP contribution >= 0.6 is 22.7 Å². The average Bonchev–Trinajstić information content (AvgIpc) is 2.83. The lowest BCUT2D eigenvalue weighted by atomic mass is 10.2. The lowest BCUT2D eigenvalue weighted by Gasteiger charge is -2.14. The van der Waals surface area contributed by atoms with Crippen LogP contribution in [0, 0.1) is 5.92 Å². The third-order valence-electron chi connectivity index (χ3n) is 2.89. The molecule has 16 heavy (non-hydrogen) atoms. The third kappa shape index (κ3) is 2.34. The molecular weight excluding hydrogens is 236 g/mol. The summed E-state index contributed by atoms with van der Waals surface area (Å²) in [5.41, 5.74) is 0. The van der Waals surface area contributed by atoms with Crippen molar-refractivity contribution in [3.63, 3.8) is 0 Å². The Hall–Kier alpha value is -0.710. The molecule has 84 valence electrons. The average molecular weight is 250 g/mol. The Morgan fingerprint density at radius 3 is 2.94 bits per heavy atom. The van der Waals surface area contributed by atoms with Crippen LogP contribution in [0.15, 0.2) is 29.1 Å². The van der Waals surface area contributed by atoms with Gasteiger partial charge >= 0.3 is 0 Å². The molecule has 0 bridgehead atoms. The molecule has 0 radical (unpaired) electrons. The summed E-state index contributed by atoms with van der Waals surface area (Å²) < 4.78 is 0. The van der Waals surface area contributed by atoms with Crippen LogP contribution in [-0.4, -0.2) is 4.98 Å². The summed E-state index contributed by atoms with van der Waals surface area (Å²) in [7, 11) is 0. The van der Waals surface area contributed by atoms with E-state index in [1.54, 1.807) is 11.3 Å². The molecule has 1 atom stereocenters. The number of nitrogens with zero attached hydrogens (tertiary/aromatic N) is 1. The van der Waals surface area contributed by atoms with E-state index in [4.69, 9.17) is 0 Å². The SMILES string of the molecule is c1csc(CNC(c2nccs2)C2CC2)c1. The molecule has 1 unspecified atom stereocenters. The predicted molar refractivity (Wildman–Crippen MR) is 68.7 cm³/mol. The van der Waals surface area contributed by atoms with Gasteiger partial charge in [0.15, 0.2) is 0 Å². The van der Waals surface area contributed by atoms with Crippen LogP contribution in [0.3, 0.4) is 0 Å². The van der Waals surface area contributed by atoms with Gasteiger partial charge in [-0.1, -0.05) is 6.07 Å². The first-order valence-electron chi connectivity index (χ1n) is 5.58. The van der Waals surface area contributed by atoms with Crippen LogP contribution in [0.1, 0.15) is 28.8 Å². The predicted octanol–water partition coefficient (Wildman–Crippen LogP) is 3.45. The maximum absolute atomic E-state index is 4.44. The second kappa shape index (κ2) is 4.65. The Labute approximate surface area is 103 Å². The molecule has 1 fully saturated rings. The molecule has 1 aliphatic rings. The zero-order valence-electron chi connectivity index (χ0n) is 8.93. The minimum absolute atomic E-state index is 0.474. The highest BCUT2D eigenvalue weighted by Gasteiger charge is 2.33. The summed E-state index contributed by atoms with van der Waals surface area (Å²) in [6.45, 7) is 0.971. The maximum Gasteiger partial charge on any atom is 0.110 e. The quantitative estimate of drug-likeness (QED) is 0.879. The zero-order valence-corrected chi connectivity index (χ0v) is 10.6. The first-order chi connectivity index (χ1) is 7.93. The fourth-order valence-corrected chi connectivity index (χ4v) is 3.36. The third-order valence-corrected chi connectivity index (χ3v) is 4.62. The molecule has 2 aromatic heterocycles. The van der Waals surface area contributed by atoms with Crippen LogP contribution in [0.4, 0.5) is 0 Å². The first kappa shape index (κ1) is 10.4. The standard InChI is InChI=1S/C12H14N2S2/c1-2-10(15-6-1)8-14-11(9-3-4-9)12-13-5-7-16-12/h1-2,5-7,9,11,14H,3-4,8H2. The molecule has 0 aromatic carbocycles. The Balaban J connectivity index is 1.66. The molecule has 1 N–H and O–H groups in total. The van der Waals surface area contributed by atoms with Crippen LogP contribution in [0.2, 0.25) is 0 Å². The van der Waals surface area contributed by atoms with E-state index in [0.717, 1.165) is 12.5 Å². The number of hydrogen-bond acceptors (Lipinski definition) is 4. The minimum Gasteiger partial charge on any atom is -0.303 e. The summed E-state index contributed by atoms with van der Waals surface area (Å²) in [5, 5.41) is 9.09. The van der Waals surface area contributed by atoms with E-state index in [1.807, 2.05) is 17.5 Å². The second-order valence-electron chi connectivity index (χ2n) is 4.15. The number of aromatic nitrogens is 1. The van der Waals surface area contributed by atoms with Crippen molar-refractivity contribution in [2.75, 3.05) is 0 Å². The highest BCUT2D eigenvalue weighted by Crippen LogP contribution is 2.41. The molecule has 2 heterocycles. The number of hydrogen-bond donors (Lipinski definition) is 1. The molecule has 2 nitrogen and oxygen atoms in total. The van der Waals surface area contributed by atoms with Crippen molar-refractivity contribution >= 4 is 22.7 Å². The Morgan fingerprint density at radius 1 is 1.38 bits per heavy atom. The van der Waals surface area contributed by atoms with E-state index < -0.39 is 0 Å². The molecule has 1 saturated carbocycles. The van der Waals surface area contributed by atoms with Crippen molar-refractivity contribution in [1.82, 2.24) is 10.3 Å². The normalized spacial score (nSPS) is 17.5. The van der Waals surface area contributed by atoms with Gasteiger partial charge in [0.25, 0.3) is 0 Å². The smallest absolute Gasteiger partial charge is 0.110 e. The fourth-order valence-electron chi connectivity index (χ4n) is 1.90.